The summed E-state index contributed by atoms with van der Waals surface area (Å²) in [5.41, 5.74) is 5.27. The van der Waals surface area contributed by atoms with Crippen LogP contribution in [0.5, 0.6) is 0 Å². The van der Waals surface area contributed by atoms with Crippen molar-refractivity contribution in [2.24, 2.45) is 5.73 Å². The molecule has 3 amide bonds. The number of aryl methyl sites for hydroxylation is 1. The largest absolute Gasteiger partial charge is 0.351 e. The Hall–Kier alpha value is -1.08. The number of hydrogen-bond donors (Lipinski definition) is 1. The van der Waals surface area contributed by atoms with Crippen LogP contribution in [0.15, 0.2) is 10.5 Å². The summed E-state index contributed by atoms with van der Waals surface area (Å²) in [6.45, 7) is 4.30. The van der Waals surface area contributed by atoms with Crippen molar-refractivity contribution in [3.8, 4) is 0 Å². The molecule has 5 nitrogen and oxygen atoms in total. The van der Waals surface area contributed by atoms with Crippen LogP contribution in [-0.2, 0) is 0 Å². The number of carbonyl (C=O) groups is 2. The van der Waals surface area contributed by atoms with Crippen molar-refractivity contribution in [2.45, 2.75) is 13.3 Å². The van der Waals surface area contributed by atoms with Gasteiger partial charge in [-0.15, -0.1) is 11.3 Å². The zero-order chi connectivity index (χ0) is 14.0. The summed E-state index contributed by atoms with van der Waals surface area (Å²) >= 11 is 4.91. The highest BCUT2D eigenvalue weighted by Crippen LogP contribution is 2.27. The van der Waals surface area contributed by atoms with Gasteiger partial charge in [-0.1, -0.05) is 0 Å². The molecule has 2 rings (SSSR count). The van der Waals surface area contributed by atoms with E-state index < -0.39 is 6.03 Å². The van der Waals surface area contributed by atoms with Crippen LogP contribution in [0.2, 0.25) is 0 Å². The molecule has 2 N–H and O–H groups in total. The van der Waals surface area contributed by atoms with E-state index in [-0.39, 0.29) is 5.91 Å². The van der Waals surface area contributed by atoms with Crippen LogP contribution in [-0.4, -0.2) is 47.9 Å². The molecular weight excluding hydrogens is 330 g/mol. The van der Waals surface area contributed by atoms with E-state index in [9.17, 15) is 9.59 Å². The molecule has 0 aliphatic carbocycles. The van der Waals surface area contributed by atoms with Gasteiger partial charge < -0.3 is 15.5 Å². The second-order valence-electron chi connectivity index (χ2n) is 4.49. The Kier molecular flexibility index (Phi) is 4.46. The van der Waals surface area contributed by atoms with E-state index in [1.165, 1.54) is 11.3 Å². The Morgan fingerprint density at radius 1 is 1.26 bits per heavy atom. The number of primary amides is 1. The second kappa shape index (κ2) is 5.92. The fourth-order valence-corrected chi connectivity index (χ4v) is 3.56. The molecule has 1 fully saturated rings. The maximum absolute atomic E-state index is 12.4. The van der Waals surface area contributed by atoms with Gasteiger partial charge in [0.25, 0.3) is 5.91 Å². The third kappa shape index (κ3) is 3.27. The van der Waals surface area contributed by atoms with Gasteiger partial charge in [0, 0.05) is 35.5 Å². The van der Waals surface area contributed by atoms with Crippen LogP contribution in [0.25, 0.3) is 0 Å². The molecule has 7 heteroatoms. The van der Waals surface area contributed by atoms with E-state index in [1.54, 1.807) is 9.80 Å². The number of nitrogens with zero attached hydrogens (tertiary/aromatic N) is 2. The Morgan fingerprint density at radius 2 is 1.89 bits per heavy atom. The lowest BCUT2D eigenvalue weighted by atomic mass is 10.3. The van der Waals surface area contributed by atoms with Gasteiger partial charge in [-0.05, 0) is 35.3 Å². The van der Waals surface area contributed by atoms with Crippen LogP contribution in [0.3, 0.4) is 0 Å². The Morgan fingerprint density at radius 3 is 2.47 bits per heavy atom. The minimum absolute atomic E-state index is 0.0325. The van der Waals surface area contributed by atoms with Gasteiger partial charge in [0.05, 0.1) is 4.88 Å². The third-order valence-corrected chi connectivity index (χ3v) is 5.29. The molecule has 0 atom stereocenters. The van der Waals surface area contributed by atoms with E-state index in [1.807, 2.05) is 13.0 Å². The fourth-order valence-electron chi connectivity index (χ4n) is 2.06. The van der Waals surface area contributed by atoms with Crippen molar-refractivity contribution < 1.29 is 9.59 Å². The molecule has 0 saturated carbocycles. The minimum atomic E-state index is -0.413. The van der Waals surface area contributed by atoms with Crippen molar-refractivity contribution in [1.29, 1.82) is 0 Å². The minimum Gasteiger partial charge on any atom is -0.351 e. The first-order chi connectivity index (χ1) is 8.99. The predicted octanol–water partition coefficient (Wildman–Crippen LogP) is 2.05. The highest BCUT2D eigenvalue weighted by atomic mass is 79.9. The van der Waals surface area contributed by atoms with Crippen molar-refractivity contribution in [2.75, 3.05) is 26.2 Å². The second-order valence-corrected chi connectivity index (χ2v) is 6.60. The molecule has 0 radical (unpaired) electrons. The summed E-state index contributed by atoms with van der Waals surface area (Å²) in [4.78, 5) is 28.7. The van der Waals surface area contributed by atoms with E-state index >= 15 is 0 Å². The molecular formula is C12H16BrN3O2S. The smallest absolute Gasteiger partial charge is 0.314 e. The summed E-state index contributed by atoms with van der Waals surface area (Å²) in [5, 5.41) is 0. The molecule has 0 bridgehead atoms. The van der Waals surface area contributed by atoms with Crippen LogP contribution < -0.4 is 5.73 Å². The summed E-state index contributed by atoms with van der Waals surface area (Å²) in [7, 11) is 0. The van der Waals surface area contributed by atoms with Gasteiger partial charge in [-0.2, -0.15) is 0 Å². The van der Waals surface area contributed by atoms with Gasteiger partial charge in [-0.25, -0.2) is 4.79 Å². The predicted molar refractivity (Wildman–Crippen MR) is 78.4 cm³/mol. The summed E-state index contributed by atoms with van der Waals surface area (Å²) < 4.78 is 0.967. The highest BCUT2D eigenvalue weighted by molar-refractivity contribution is 9.10. The SMILES string of the molecule is Cc1sc(C(=O)N2CCCN(C(N)=O)CC2)cc1Br. The van der Waals surface area contributed by atoms with Gasteiger partial charge in [-0.3, -0.25) is 4.79 Å². The quantitative estimate of drug-likeness (QED) is 0.846. The van der Waals surface area contributed by atoms with Gasteiger partial charge >= 0.3 is 6.03 Å². The number of carbonyl (C=O) groups excluding carboxylic acids is 2. The van der Waals surface area contributed by atoms with Crippen LogP contribution in [0, 0.1) is 6.92 Å². The molecule has 1 saturated heterocycles. The maximum atomic E-state index is 12.4. The molecule has 19 heavy (non-hydrogen) atoms. The summed E-state index contributed by atoms with van der Waals surface area (Å²) in [5.74, 6) is 0.0325. The zero-order valence-corrected chi connectivity index (χ0v) is 13.1. The topological polar surface area (TPSA) is 66.6 Å². The van der Waals surface area contributed by atoms with Crippen LogP contribution in [0.4, 0.5) is 4.79 Å². The average Bonchev–Trinajstić information content (AvgIpc) is 2.59. The standard InChI is InChI=1S/C12H16BrN3O2S/c1-8-9(13)7-10(19-8)11(17)15-3-2-4-16(6-5-15)12(14)18/h7H,2-6H2,1H3,(H2,14,18). The molecule has 1 aromatic rings. The lowest BCUT2D eigenvalue weighted by Crippen LogP contribution is -2.39. The molecule has 1 aliphatic rings. The van der Waals surface area contributed by atoms with E-state index in [0.717, 1.165) is 20.6 Å². The van der Waals surface area contributed by atoms with Crippen molar-refractivity contribution >= 4 is 39.2 Å². The monoisotopic (exact) mass is 345 g/mol. The maximum Gasteiger partial charge on any atom is 0.314 e. The normalized spacial score (nSPS) is 16.3. The number of halogens is 1. The number of thiophene rings is 1. The lowest BCUT2D eigenvalue weighted by molar-refractivity contribution is 0.0767. The van der Waals surface area contributed by atoms with Crippen LogP contribution in [0.1, 0.15) is 21.0 Å². The first-order valence-corrected chi connectivity index (χ1v) is 7.69. The van der Waals surface area contributed by atoms with Crippen molar-refractivity contribution in [3.05, 3.63) is 20.3 Å². The first-order valence-electron chi connectivity index (χ1n) is 6.08. The Bertz CT molecular complexity index is 484. The molecule has 0 unspecified atom stereocenters. The number of amides is 3. The lowest BCUT2D eigenvalue weighted by Gasteiger charge is -2.20. The van der Waals surface area contributed by atoms with E-state index in [2.05, 4.69) is 15.9 Å². The molecule has 1 aromatic heterocycles. The van der Waals surface area contributed by atoms with E-state index in [0.29, 0.717) is 26.2 Å². The molecule has 0 aromatic carbocycles. The summed E-state index contributed by atoms with van der Waals surface area (Å²) in [6, 6.07) is 1.45. The number of rotatable bonds is 1. The first kappa shape index (κ1) is 14.3. The van der Waals surface area contributed by atoms with Gasteiger partial charge in [0.15, 0.2) is 0 Å². The molecule has 1 aliphatic heterocycles. The molecule has 104 valence electrons. The number of urea groups is 1. The third-order valence-electron chi connectivity index (χ3n) is 3.16. The molecule has 0 spiro atoms. The van der Waals surface area contributed by atoms with E-state index in [4.69, 9.17) is 5.73 Å². The fraction of sp³-hybridized carbons (Fsp3) is 0.500. The van der Waals surface area contributed by atoms with Gasteiger partial charge in [0.2, 0.25) is 0 Å². The average molecular weight is 346 g/mol. The Balaban J connectivity index is 2.06. The van der Waals surface area contributed by atoms with Crippen molar-refractivity contribution in [3.63, 3.8) is 0 Å². The highest BCUT2D eigenvalue weighted by Gasteiger charge is 2.23. The number of hydrogen-bond acceptors (Lipinski definition) is 3. The number of nitrogens with two attached hydrogens (primary N) is 1. The van der Waals surface area contributed by atoms with Crippen LogP contribution >= 0.6 is 27.3 Å². The Labute approximate surface area is 124 Å². The van der Waals surface area contributed by atoms with Crippen molar-refractivity contribution in [1.82, 2.24) is 9.80 Å². The molecule has 2 heterocycles. The van der Waals surface area contributed by atoms with Gasteiger partial charge in [0.1, 0.15) is 0 Å². The zero-order valence-electron chi connectivity index (χ0n) is 10.7. The summed E-state index contributed by atoms with van der Waals surface area (Å²) in [6.07, 6.45) is 0.764.